The summed E-state index contributed by atoms with van der Waals surface area (Å²) >= 11 is 0. The average molecular weight is 233 g/mol. The highest BCUT2D eigenvalue weighted by Crippen LogP contribution is 2.29. The molecule has 0 aliphatic heterocycles. The van der Waals surface area contributed by atoms with Crippen LogP contribution in [0.25, 0.3) is 0 Å². The summed E-state index contributed by atoms with van der Waals surface area (Å²) in [4.78, 5) is 0. The number of nitrogens with one attached hydrogen (secondary N) is 1. The number of hydrogen-bond donors (Lipinski definition) is 1. The first-order valence-corrected chi connectivity index (χ1v) is 5.64. The number of hydrogen-bond acceptors (Lipinski definition) is 3. The predicted molar refractivity (Wildman–Crippen MR) is 69.4 cm³/mol. The summed E-state index contributed by atoms with van der Waals surface area (Å²) in [6.07, 6.45) is 5.81. The highest BCUT2D eigenvalue weighted by atomic mass is 16.5. The van der Waals surface area contributed by atoms with E-state index in [1.54, 1.807) is 7.11 Å². The molecule has 0 amide bonds. The van der Waals surface area contributed by atoms with Gasteiger partial charge in [0.2, 0.25) is 0 Å². The van der Waals surface area contributed by atoms with E-state index in [0.717, 1.165) is 17.1 Å². The number of ether oxygens (including phenoxy) is 2. The van der Waals surface area contributed by atoms with Crippen LogP contribution in [-0.2, 0) is 0 Å². The molecule has 1 unspecified atom stereocenters. The van der Waals surface area contributed by atoms with Crippen molar-refractivity contribution in [1.29, 1.82) is 0 Å². The summed E-state index contributed by atoms with van der Waals surface area (Å²) < 4.78 is 10.9. The minimum atomic E-state index is 0.224. The lowest BCUT2D eigenvalue weighted by atomic mass is 10.1. The van der Waals surface area contributed by atoms with Gasteiger partial charge in [-0.25, -0.2) is 0 Å². The Morgan fingerprint density at radius 3 is 2.82 bits per heavy atom. The van der Waals surface area contributed by atoms with Crippen molar-refractivity contribution in [3.05, 3.63) is 23.8 Å². The Balaban J connectivity index is 2.91. The van der Waals surface area contributed by atoms with Crippen LogP contribution >= 0.6 is 0 Å². The first-order chi connectivity index (χ1) is 8.22. The van der Waals surface area contributed by atoms with Crippen molar-refractivity contribution in [3.63, 3.8) is 0 Å². The fourth-order valence-electron chi connectivity index (χ4n) is 1.50. The van der Waals surface area contributed by atoms with Crippen molar-refractivity contribution < 1.29 is 9.47 Å². The molecule has 0 saturated carbocycles. The molecule has 3 heteroatoms. The molecule has 0 aromatic heterocycles. The maximum atomic E-state index is 5.68. The zero-order chi connectivity index (χ0) is 12.7. The zero-order valence-electron chi connectivity index (χ0n) is 10.6. The van der Waals surface area contributed by atoms with Gasteiger partial charge in [0, 0.05) is 24.1 Å². The highest BCUT2D eigenvalue weighted by molar-refractivity contribution is 5.42. The van der Waals surface area contributed by atoms with Crippen LogP contribution in [0.2, 0.25) is 0 Å². The molecule has 0 aliphatic rings. The van der Waals surface area contributed by atoms with Crippen LogP contribution in [0.5, 0.6) is 11.5 Å². The van der Waals surface area contributed by atoms with Gasteiger partial charge in [-0.2, -0.15) is 0 Å². The molecular weight excluding hydrogens is 214 g/mol. The van der Waals surface area contributed by atoms with Crippen molar-refractivity contribution in [2.45, 2.75) is 19.4 Å². The van der Waals surface area contributed by atoms with E-state index >= 15 is 0 Å². The second kappa shape index (κ2) is 6.82. The monoisotopic (exact) mass is 233 g/mol. The van der Waals surface area contributed by atoms with Crippen LogP contribution in [0.1, 0.15) is 24.9 Å². The SMILES string of the molecule is C#CCCOc1cc(OC)ccc1C(C)NC. The third-order valence-electron chi connectivity index (χ3n) is 2.62. The van der Waals surface area contributed by atoms with Gasteiger partial charge in [-0.1, -0.05) is 6.07 Å². The average Bonchev–Trinajstić information content (AvgIpc) is 2.38. The first kappa shape index (κ1) is 13.4. The van der Waals surface area contributed by atoms with Crippen molar-refractivity contribution >= 4 is 0 Å². The third kappa shape index (κ3) is 3.69. The Kier molecular flexibility index (Phi) is 5.38. The summed E-state index contributed by atoms with van der Waals surface area (Å²) in [5, 5.41) is 3.19. The van der Waals surface area contributed by atoms with Gasteiger partial charge in [0.25, 0.3) is 0 Å². The van der Waals surface area contributed by atoms with Crippen LogP contribution in [0.4, 0.5) is 0 Å². The predicted octanol–water partition coefficient (Wildman–Crippen LogP) is 2.38. The van der Waals surface area contributed by atoms with E-state index in [4.69, 9.17) is 15.9 Å². The highest BCUT2D eigenvalue weighted by Gasteiger charge is 2.11. The normalized spacial score (nSPS) is 11.6. The van der Waals surface area contributed by atoms with Crippen LogP contribution < -0.4 is 14.8 Å². The van der Waals surface area contributed by atoms with Gasteiger partial charge in [0.15, 0.2) is 0 Å². The minimum Gasteiger partial charge on any atom is -0.497 e. The van der Waals surface area contributed by atoms with Gasteiger partial charge < -0.3 is 14.8 Å². The molecule has 1 aromatic carbocycles. The maximum absolute atomic E-state index is 5.68. The molecule has 0 aliphatic carbocycles. The first-order valence-electron chi connectivity index (χ1n) is 5.64. The Labute approximate surface area is 103 Å². The van der Waals surface area contributed by atoms with Gasteiger partial charge in [0.05, 0.1) is 13.7 Å². The molecule has 1 N–H and O–H groups in total. The van der Waals surface area contributed by atoms with Gasteiger partial charge in [0.1, 0.15) is 11.5 Å². The molecule has 92 valence electrons. The number of benzene rings is 1. The molecule has 0 heterocycles. The lowest BCUT2D eigenvalue weighted by Crippen LogP contribution is -2.14. The van der Waals surface area contributed by atoms with E-state index in [2.05, 4.69) is 18.2 Å². The summed E-state index contributed by atoms with van der Waals surface area (Å²) in [7, 11) is 3.56. The fourth-order valence-corrected chi connectivity index (χ4v) is 1.50. The Morgan fingerprint density at radius 2 is 2.24 bits per heavy atom. The molecule has 0 radical (unpaired) electrons. The molecule has 0 saturated heterocycles. The van der Waals surface area contributed by atoms with E-state index < -0.39 is 0 Å². The summed E-state index contributed by atoms with van der Waals surface area (Å²) in [6, 6.07) is 6.05. The van der Waals surface area contributed by atoms with Gasteiger partial charge in [-0.3, -0.25) is 0 Å². The molecule has 0 bridgehead atoms. The number of terminal acetylenes is 1. The molecule has 1 atom stereocenters. The van der Waals surface area contributed by atoms with Gasteiger partial charge in [-0.05, 0) is 20.0 Å². The molecule has 3 nitrogen and oxygen atoms in total. The van der Waals surface area contributed by atoms with E-state index in [0.29, 0.717) is 13.0 Å². The Morgan fingerprint density at radius 1 is 1.47 bits per heavy atom. The lowest BCUT2D eigenvalue weighted by Gasteiger charge is -2.17. The summed E-state index contributed by atoms with van der Waals surface area (Å²) in [5.74, 6) is 4.16. The summed E-state index contributed by atoms with van der Waals surface area (Å²) in [6.45, 7) is 2.60. The lowest BCUT2D eigenvalue weighted by molar-refractivity contribution is 0.317. The van der Waals surface area contributed by atoms with Crippen LogP contribution in [0, 0.1) is 12.3 Å². The molecule has 17 heavy (non-hydrogen) atoms. The molecule has 1 rings (SSSR count). The van der Waals surface area contributed by atoms with Crippen molar-refractivity contribution in [2.75, 3.05) is 20.8 Å². The second-order valence-corrected chi connectivity index (χ2v) is 3.72. The molecule has 1 aromatic rings. The van der Waals surface area contributed by atoms with E-state index in [9.17, 15) is 0 Å². The quantitative estimate of drug-likeness (QED) is 0.604. The molecule has 0 spiro atoms. The van der Waals surface area contributed by atoms with E-state index in [1.807, 2.05) is 25.2 Å². The number of rotatable bonds is 6. The van der Waals surface area contributed by atoms with E-state index in [-0.39, 0.29) is 6.04 Å². The Bertz CT molecular complexity index is 396. The van der Waals surface area contributed by atoms with E-state index in [1.165, 1.54) is 0 Å². The Hall–Kier alpha value is -1.66. The standard InChI is InChI=1S/C14H19NO2/c1-5-6-9-17-14-10-12(16-4)7-8-13(14)11(2)15-3/h1,7-8,10-11,15H,6,9H2,2-4H3. The smallest absolute Gasteiger partial charge is 0.127 e. The molecule has 0 fully saturated rings. The van der Waals surface area contributed by atoms with Crippen molar-refractivity contribution in [1.82, 2.24) is 5.32 Å². The molecular formula is C14H19NO2. The zero-order valence-corrected chi connectivity index (χ0v) is 10.6. The second-order valence-electron chi connectivity index (χ2n) is 3.72. The van der Waals surface area contributed by atoms with Gasteiger partial charge >= 0.3 is 0 Å². The van der Waals surface area contributed by atoms with Crippen molar-refractivity contribution in [2.24, 2.45) is 0 Å². The van der Waals surface area contributed by atoms with Crippen LogP contribution in [0.15, 0.2) is 18.2 Å². The topological polar surface area (TPSA) is 30.5 Å². The largest absolute Gasteiger partial charge is 0.497 e. The maximum Gasteiger partial charge on any atom is 0.127 e. The van der Waals surface area contributed by atoms with Crippen LogP contribution in [-0.4, -0.2) is 20.8 Å². The third-order valence-corrected chi connectivity index (χ3v) is 2.62. The number of methoxy groups -OCH3 is 1. The fraction of sp³-hybridized carbons (Fsp3) is 0.429. The van der Waals surface area contributed by atoms with Crippen LogP contribution in [0.3, 0.4) is 0 Å². The summed E-state index contributed by atoms with van der Waals surface area (Å²) in [5.41, 5.74) is 1.10. The van der Waals surface area contributed by atoms with Gasteiger partial charge in [-0.15, -0.1) is 12.3 Å². The minimum absolute atomic E-state index is 0.224. The van der Waals surface area contributed by atoms with Crippen molar-refractivity contribution in [3.8, 4) is 23.8 Å².